The highest BCUT2D eigenvalue weighted by atomic mass is 32.1. The Labute approximate surface area is 124 Å². The molecule has 7 heteroatoms. The van der Waals surface area contributed by atoms with Crippen LogP contribution in [0.5, 0.6) is 0 Å². The molecule has 0 fully saturated rings. The van der Waals surface area contributed by atoms with Crippen LogP contribution in [0.15, 0.2) is 41.6 Å². The zero-order valence-corrected chi connectivity index (χ0v) is 12.1. The zero-order chi connectivity index (χ0) is 14.8. The number of thiazole rings is 1. The maximum absolute atomic E-state index is 12.2. The Hall–Kier alpha value is -2.54. The molecule has 0 bridgehead atoms. The molecule has 3 rings (SSSR count). The van der Waals surface area contributed by atoms with Gasteiger partial charge in [-0.3, -0.25) is 19.0 Å². The average Bonchev–Trinajstić information content (AvgIpc) is 2.88. The molecular weight excluding hydrogens is 288 g/mol. The second-order valence-electron chi connectivity index (χ2n) is 4.48. The Morgan fingerprint density at radius 3 is 3.00 bits per heavy atom. The molecule has 3 heterocycles. The van der Waals surface area contributed by atoms with E-state index >= 15 is 0 Å². The van der Waals surface area contributed by atoms with Crippen LogP contribution >= 0.6 is 11.3 Å². The summed E-state index contributed by atoms with van der Waals surface area (Å²) in [6.45, 7) is 2.16. The molecule has 1 amide bonds. The molecule has 0 atom stereocenters. The van der Waals surface area contributed by atoms with Crippen LogP contribution < -0.4 is 10.9 Å². The standard InChI is InChI=1S/C14H12N4O2S/c1-9-8-18-13(20)11(7-17-14(18)21-9)12(19)16-6-10-4-2-3-5-15-10/h2-5,7-8H,6H2,1H3,(H,16,19). The minimum atomic E-state index is -0.448. The van der Waals surface area contributed by atoms with Gasteiger partial charge in [-0.05, 0) is 19.1 Å². The van der Waals surface area contributed by atoms with Crippen molar-refractivity contribution in [1.29, 1.82) is 0 Å². The molecule has 0 aliphatic heterocycles. The Kier molecular flexibility index (Phi) is 3.49. The van der Waals surface area contributed by atoms with Gasteiger partial charge in [0.05, 0.1) is 12.2 Å². The SMILES string of the molecule is Cc1cn2c(=O)c(C(=O)NCc3ccccn3)cnc2s1. The highest BCUT2D eigenvalue weighted by molar-refractivity contribution is 7.16. The lowest BCUT2D eigenvalue weighted by Crippen LogP contribution is -2.31. The van der Waals surface area contributed by atoms with Crippen LogP contribution in [-0.2, 0) is 6.54 Å². The van der Waals surface area contributed by atoms with Gasteiger partial charge in [-0.15, -0.1) is 11.3 Å². The number of hydrogen-bond donors (Lipinski definition) is 1. The molecule has 106 valence electrons. The number of rotatable bonds is 3. The van der Waals surface area contributed by atoms with Gasteiger partial charge in [-0.2, -0.15) is 0 Å². The predicted molar refractivity (Wildman–Crippen MR) is 79.5 cm³/mol. The molecule has 0 aliphatic carbocycles. The number of amides is 1. The first-order valence-corrected chi connectivity index (χ1v) is 7.13. The summed E-state index contributed by atoms with van der Waals surface area (Å²) in [5.41, 5.74) is 0.399. The normalized spacial score (nSPS) is 10.7. The Balaban J connectivity index is 1.85. The first-order chi connectivity index (χ1) is 10.1. The van der Waals surface area contributed by atoms with Crippen molar-refractivity contribution in [1.82, 2.24) is 19.7 Å². The van der Waals surface area contributed by atoms with Crippen molar-refractivity contribution in [2.75, 3.05) is 0 Å². The summed E-state index contributed by atoms with van der Waals surface area (Å²) in [5.74, 6) is -0.448. The van der Waals surface area contributed by atoms with E-state index in [-0.39, 0.29) is 17.7 Å². The fourth-order valence-corrected chi connectivity index (χ4v) is 2.71. The molecule has 0 unspecified atom stereocenters. The van der Waals surface area contributed by atoms with E-state index in [9.17, 15) is 9.59 Å². The first kappa shape index (κ1) is 13.4. The number of pyridine rings is 1. The second-order valence-corrected chi connectivity index (χ2v) is 5.69. The van der Waals surface area contributed by atoms with Crippen molar-refractivity contribution in [2.45, 2.75) is 13.5 Å². The van der Waals surface area contributed by atoms with Gasteiger partial charge >= 0.3 is 0 Å². The fraction of sp³-hybridized carbons (Fsp3) is 0.143. The third-order valence-corrected chi connectivity index (χ3v) is 3.84. The smallest absolute Gasteiger partial charge is 0.271 e. The molecule has 0 aliphatic rings. The highest BCUT2D eigenvalue weighted by Gasteiger charge is 2.14. The van der Waals surface area contributed by atoms with Crippen LogP contribution in [0.1, 0.15) is 20.9 Å². The van der Waals surface area contributed by atoms with E-state index in [0.29, 0.717) is 4.96 Å². The lowest BCUT2D eigenvalue weighted by molar-refractivity contribution is 0.0948. The van der Waals surface area contributed by atoms with E-state index in [0.717, 1.165) is 10.6 Å². The minimum absolute atomic E-state index is 0.0289. The summed E-state index contributed by atoms with van der Waals surface area (Å²) in [6, 6.07) is 5.44. The molecule has 3 aromatic heterocycles. The number of fused-ring (bicyclic) bond motifs is 1. The van der Waals surface area contributed by atoms with Crippen LogP contribution in [0.3, 0.4) is 0 Å². The largest absolute Gasteiger partial charge is 0.346 e. The van der Waals surface area contributed by atoms with Gasteiger partial charge in [0.2, 0.25) is 0 Å². The fourth-order valence-electron chi connectivity index (χ4n) is 1.92. The molecule has 0 saturated heterocycles. The van der Waals surface area contributed by atoms with Crippen LogP contribution in [0.4, 0.5) is 0 Å². The Morgan fingerprint density at radius 1 is 1.38 bits per heavy atom. The summed E-state index contributed by atoms with van der Waals surface area (Å²) < 4.78 is 1.40. The highest BCUT2D eigenvalue weighted by Crippen LogP contribution is 2.12. The monoisotopic (exact) mass is 300 g/mol. The van der Waals surface area contributed by atoms with Crippen molar-refractivity contribution in [2.24, 2.45) is 0 Å². The molecule has 1 N–H and O–H groups in total. The molecule has 6 nitrogen and oxygen atoms in total. The van der Waals surface area contributed by atoms with Gasteiger partial charge in [0.25, 0.3) is 11.5 Å². The second kappa shape index (κ2) is 5.45. The van der Waals surface area contributed by atoms with Gasteiger partial charge in [-0.1, -0.05) is 6.07 Å². The number of carbonyl (C=O) groups excluding carboxylic acids is 1. The minimum Gasteiger partial charge on any atom is -0.346 e. The summed E-state index contributed by atoms with van der Waals surface area (Å²) in [7, 11) is 0. The van der Waals surface area contributed by atoms with E-state index in [2.05, 4.69) is 15.3 Å². The van der Waals surface area contributed by atoms with Crippen LogP contribution in [-0.4, -0.2) is 20.3 Å². The molecular formula is C14H12N4O2S. The number of carbonyl (C=O) groups is 1. The topological polar surface area (TPSA) is 76.4 Å². The molecule has 21 heavy (non-hydrogen) atoms. The lowest BCUT2D eigenvalue weighted by atomic mass is 10.3. The van der Waals surface area contributed by atoms with Crippen LogP contribution in [0, 0.1) is 6.92 Å². The Bertz CT molecular complexity index is 854. The summed E-state index contributed by atoms with van der Waals surface area (Å²) in [4.78, 5) is 34.1. The summed E-state index contributed by atoms with van der Waals surface area (Å²) >= 11 is 1.41. The van der Waals surface area contributed by atoms with Crippen molar-refractivity contribution in [3.8, 4) is 0 Å². The average molecular weight is 300 g/mol. The zero-order valence-electron chi connectivity index (χ0n) is 11.2. The van der Waals surface area contributed by atoms with Gasteiger partial charge in [0, 0.05) is 23.5 Å². The van der Waals surface area contributed by atoms with Crippen molar-refractivity contribution in [3.05, 3.63) is 63.3 Å². The number of nitrogens with zero attached hydrogens (tertiary/aromatic N) is 3. The number of nitrogens with one attached hydrogen (secondary N) is 1. The van der Waals surface area contributed by atoms with E-state index in [1.165, 1.54) is 21.9 Å². The van der Waals surface area contributed by atoms with Crippen LogP contribution in [0.2, 0.25) is 0 Å². The van der Waals surface area contributed by atoms with E-state index in [1.807, 2.05) is 13.0 Å². The first-order valence-electron chi connectivity index (χ1n) is 6.31. The predicted octanol–water partition coefficient (Wildman–Crippen LogP) is 1.39. The summed E-state index contributed by atoms with van der Waals surface area (Å²) in [5, 5.41) is 2.68. The maximum atomic E-state index is 12.2. The van der Waals surface area contributed by atoms with Gasteiger partial charge < -0.3 is 5.32 Å². The van der Waals surface area contributed by atoms with E-state index in [1.54, 1.807) is 24.5 Å². The molecule has 0 spiro atoms. The quantitative estimate of drug-likeness (QED) is 0.793. The third-order valence-electron chi connectivity index (χ3n) is 2.92. The number of hydrogen-bond acceptors (Lipinski definition) is 5. The number of aryl methyl sites for hydroxylation is 1. The molecule has 0 saturated carbocycles. The maximum Gasteiger partial charge on any atom is 0.271 e. The molecule has 0 aromatic carbocycles. The van der Waals surface area contributed by atoms with E-state index < -0.39 is 5.91 Å². The van der Waals surface area contributed by atoms with Crippen molar-refractivity contribution < 1.29 is 4.79 Å². The summed E-state index contributed by atoms with van der Waals surface area (Å²) in [6.07, 6.45) is 4.66. The van der Waals surface area contributed by atoms with Crippen LogP contribution in [0.25, 0.3) is 4.96 Å². The van der Waals surface area contributed by atoms with Crippen molar-refractivity contribution in [3.63, 3.8) is 0 Å². The van der Waals surface area contributed by atoms with E-state index in [4.69, 9.17) is 0 Å². The van der Waals surface area contributed by atoms with Gasteiger partial charge in [0.15, 0.2) is 4.96 Å². The lowest BCUT2D eigenvalue weighted by Gasteiger charge is -2.04. The van der Waals surface area contributed by atoms with Gasteiger partial charge in [-0.25, -0.2) is 4.98 Å². The molecule has 0 radical (unpaired) electrons. The third kappa shape index (κ3) is 2.68. The Morgan fingerprint density at radius 2 is 2.24 bits per heavy atom. The molecule has 3 aromatic rings. The number of aromatic nitrogens is 3. The van der Waals surface area contributed by atoms with Crippen molar-refractivity contribution >= 4 is 22.2 Å². The van der Waals surface area contributed by atoms with Gasteiger partial charge in [0.1, 0.15) is 5.56 Å².